The van der Waals surface area contributed by atoms with Crippen LogP contribution in [-0.4, -0.2) is 20.3 Å². The molecule has 2 N–H and O–H groups in total. The quantitative estimate of drug-likeness (QED) is 0.920. The molecule has 0 aromatic heterocycles. The molecule has 0 atom stereocenters. The summed E-state index contributed by atoms with van der Waals surface area (Å²) in [7, 11) is 1.74. The monoisotopic (exact) mass is 275 g/mol. The molecule has 2 fully saturated rings. The summed E-state index contributed by atoms with van der Waals surface area (Å²) in [4.78, 5) is 0. The van der Waals surface area contributed by atoms with E-state index < -0.39 is 0 Å². The SMILES string of the molecule is COc1ccc(C2CCOCC2)cc1C1(N)CCCC1. The van der Waals surface area contributed by atoms with Crippen molar-refractivity contribution in [3.63, 3.8) is 0 Å². The van der Waals surface area contributed by atoms with E-state index in [-0.39, 0.29) is 5.54 Å². The predicted octanol–water partition coefficient (Wildman–Crippen LogP) is 3.32. The first-order valence-electron chi connectivity index (χ1n) is 7.78. The third kappa shape index (κ3) is 2.57. The Morgan fingerprint density at radius 3 is 2.55 bits per heavy atom. The molecular formula is C17H25NO2. The van der Waals surface area contributed by atoms with E-state index in [0.717, 1.165) is 44.6 Å². The molecular weight excluding hydrogens is 250 g/mol. The Morgan fingerprint density at radius 2 is 1.90 bits per heavy atom. The first-order valence-corrected chi connectivity index (χ1v) is 7.78. The first kappa shape index (κ1) is 13.9. The van der Waals surface area contributed by atoms with Crippen LogP contribution in [0.4, 0.5) is 0 Å². The molecule has 0 radical (unpaired) electrons. The van der Waals surface area contributed by atoms with Crippen molar-refractivity contribution in [3.8, 4) is 5.75 Å². The lowest BCUT2D eigenvalue weighted by Gasteiger charge is -2.29. The highest BCUT2D eigenvalue weighted by Crippen LogP contribution is 2.42. The minimum absolute atomic E-state index is 0.188. The van der Waals surface area contributed by atoms with Crippen LogP contribution in [0.2, 0.25) is 0 Å². The third-order valence-electron chi connectivity index (χ3n) is 4.95. The van der Waals surface area contributed by atoms with E-state index >= 15 is 0 Å². The van der Waals surface area contributed by atoms with Gasteiger partial charge in [0, 0.05) is 24.3 Å². The second kappa shape index (κ2) is 5.74. The minimum atomic E-state index is -0.188. The van der Waals surface area contributed by atoms with Gasteiger partial charge in [-0.15, -0.1) is 0 Å². The van der Waals surface area contributed by atoms with Gasteiger partial charge in [-0.25, -0.2) is 0 Å². The van der Waals surface area contributed by atoms with Crippen molar-refractivity contribution in [3.05, 3.63) is 29.3 Å². The maximum atomic E-state index is 6.65. The molecule has 1 saturated heterocycles. The summed E-state index contributed by atoms with van der Waals surface area (Å²) in [6.07, 6.45) is 6.82. The molecule has 1 saturated carbocycles. The maximum absolute atomic E-state index is 6.65. The molecule has 3 nitrogen and oxygen atoms in total. The zero-order valence-electron chi connectivity index (χ0n) is 12.4. The second-order valence-electron chi connectivity index (χ2n) is 6.21. The molecule has 1 aromatic carbocycles. The van der Waals surface area contributed by atoms with Crippen LogP contribution in [0, 0.1) is 0 Å². The average molecular weight is 275 g/mol. The van der Waals surface area contributed by atoms with Crippen molar-refractivity contribution >= 4 is 0 Å². The zero-order chi connectivity index (χ0) is 14.0. The first-order chi connectivity index (χ1) is 9.73. The number of methoxy groups -OCH3 is 1. The Morgan fingerprint density at radius 1 is 1.20 bits per heavy atom. The van der Waals surface area contributed by atoms with Crippen molar-refractivity contribution < 1.29 is 9.47 Å². The number of rotatable bonds is 3. The number of hydrogen-bond donors (Lipinski definition) is 1. The van der Waals surface area contributed by atoms with Gasteiger partial charge in [-0.05, 0) is 49.3 Å². The smallest absolute Gasteiger partial charge is 0.123 e. The van der Waals surface area contributed by atoms with Gasteiger partial charge in [0.2, 0.25) is 0 Å². The normalized spacial score (nSPS) is 22.9. The van der Waals surface area contributed by atoms with Gasteiger partial charge in [0.25, 0.3) is 0 Å². The summed E-state index contributed by atoms with van der Waals surface area (Å²) in [6, 6.07) is 6.61. The van der Waals surface area contributed by atoms with E-state index in [9.17, 15) is 0 Å². The largest absolute Gasteiger partial charge is 0.496 e. The van der Waals surface area contributed by atoms with Crippen LogP contribution < -0.4 is 10.5 Å². The minimum Gasteiger partial charge on any atom is -0.496 e. The summed E-state index contributed by atoms with van der Waals surface area (Å²) >= 11 is 0. The fourth-order valence-electron chi connectivity index (χ4n) is 3.67. The van der Waals surface area contributed by atoms with Gasteiger partial charge >= 0.3 is 0 Å². The van der Waals surface area contributed by atoms with Crippen molar-refractivity contribution in [2.75, 3.05) is 20.3 Å². The predicted molar refractivity (Wildman–Crippen MR) is 80.1 cm³/mol. The fraction of sp³-hybridized carbons (Fsp3) is 0.647. The Balaban J connectivity index is 1.94. The standard InChI is InChI=1S/C17H25NO2/c1-19-16-5-4-14(13-6-10-20-11-7-13)12-15(16)17(18)8-2-3-9-17/h4-5,12-13H,2-3,6-11,18H2,1H3. The van der Waals surface area contributed by atoms with Crippen molar-refractivity contribution in [2.24, 2.45) is 5.73 Å². The number of hydrogen-bond acceptors (Lipinski definition) is 3. The van der Waals surface area contributed by atoms with Crippen LogP contribution in [0.25, 0.3) is 0 Å². The molecule has 110 valence electrons. The van der Waals surface area contributed by atoms with Crippen molar-refractivity contribution in [1.82, 2.24) is 0 Å². The highest BCUT2D eigenvalue weighted by Gasteiger charge is 2.34. The lowest BCUT2D eigenvalue weighted by Crippen LogP contribution is -2.33. The Hall–Kier alpha value is -1.06. The van der Waals surface area contributed by atoms with Crippen LogP contribution in [0.1, 0.15) is 55.6 Å². The fourth-order valence-corrected chi connectivity index (χ4v) is 3.67. The summed E-state index contributed by atoms with van der Waals surface area (Å²) in [6.45, 7) is 1.75. The van der Waals surface area contributed by atoms with E-state index in [0.29, 0.717) is 5.92 Å². The summed E-state index contributed by atoms with van der Waals surface area (Å²) in [5, 5.41) is 0. The molecule has 0 unspecified atom stereocenters. The van der Waals surface area contributed by atoms with E-state index in [4.69, 9.17) is 15.2 Å². The van der Waals surface area contributed by atoms with Gasteiger partial charge in [-0.1, -0.05) is 18.9 Å². The van der Waals surface area contributed by atoms with Gasteiger partial charge in [-0.3, -0.25) is 0 Å². The van der Waals surface area contributed by atoms with Crippen LogP contribution in [0.15, 0.2) is 18.2 Å². The molecule has 1 aromatic rings. The third-order valence-corrected chi connectivity index (χ3v) is 4.95. The highest BCUT2D eigenvalue weighted by molar-refractivity contribution is 5.43. The van der Waals surface area contributed by atoms with Gasteiger partial charge in [0.15, 0.2) is 0 Å². The molecule has 3 heteroatoms. The molecule has 3 rings (SSSR count). The lowest BCUT2D eigenvalue weighted by atomic mass is 9.84. The number of benzene rings is 1. The van der Waals surface area contributed by atoms with Crippen molar-refractivity contribution in [2.45, 2.75) is 50.0 Å². The van der Waals surface area contributed by atoms with Gasteiger partial charge in [0.1, 0.15) is 5.75 Å². The Labute approximate surface area is 121 Å². The molecule has 2 aliphatic rings. The molecule has 1 heterocycles. The molecule has 1 aliphatic carbocycles. The van der Waals surface area contributed by atoms with E-state index in [1.807, 2.05) is 0 Å². The molecule has 0 bridgehead atoms. The number of ether oxygens (including phenoxy) is 2. The zero-order valence-corrected chi connectivity index (χ0v) is 12.4. The summed E-state index contributed by atoms with van der Waals surface area (Å²) in [5.74, 6) is 1.56. The number of nitrogens with two attached hydrogens (primary N) is 1. The van der Waals surface area contributed by atoms with Crippen LogP contribution in [0.3, 0.4) is 0 Å². The lowest BCUT2D eigenvalue weighted by molar-refractivity contribution is 0.0853. The molecule has 0 spiro atoms. The Kier molecular flexibility index (Phi) is 3.99. The van der Waals surface area contributed by atoms with E-state index in [1.165, 1.54) is 24.0 Å². The highest BCUT2D eigenvalue weighted by atomic mass is 16.5. The van der Waals surface area contributed by atoms with Crippen LogP contribution in [-0.2, 0) is 10.3 Å². The van der Waals surface area contributed by atoms with Crippen molar-refractivity contribution in [1.29, 1.82) is 0 Å². The summed E-state index contributed by atoms with van der Waals surface area (Å²) < 4.78 is 11.0. The van der Waals surface area contributed by atoms with Gasteiger partial charge < -0.3 is 15.2 Å². The molecule has 1 aliphatic heterocycles. The molecule has 20 heavy (non-hydrogen) atoms. The average Bonchev–Trinajstić information content (AvgIpc) is 2.95. The van der Waals surface area contributed by atoms with Gasteiger partial charge in [-0.2, -0.15) is 0 Å². The summed E-state index contributed by atoms with van der Waals surface area (Å²) in [5.41, 5.74) is 9.08. The Bertz CT molecular complexity index is 460. The topological polar surface area (TPSA) is 44.5 Å². The van der Waals surface area contributed by atoms with E-state index in [2.05, 4.69) is 18.2 Å². The second-order valence-corrected chi connectivity index (χ2v) is 6.21. The molecule has 0 amide bonds. The van der Waals surface area contributed by atoms with Crippen LogP contribution >= 0.6 is 0 Å². The van der Waals surface area contributed by atoms with E-state index in [1.54, 1.807) is 7.11 Å². The maximum Gasteiger partial charge on any atom is 0.123 e. The van der Waals surface area contributed by atoms with Crippen LogP contribution in [0.5, 0.6) is 5.75 Å². The van der Waals surface area contributed by atoms with Gasteiger partial charge in [0.05, 0.1) is 7.11 Å².